The van der Waals surface area contributed by atoms with E-state index in [0.717, 1.165) is 4.88 Å². The Bertz CT molecular complexity index is 548. The summed E-state index contributed by atoms with van der Waals surface area (Å²) >= 11 is 1.44. The predicted octanol–water partition coefficient (Wildman–Crippen LogP) is 1.55. The number of methoxy groups -OCH3 is 1. The highest BCUT2D eigenvalue weighted by Crippen LogP contribution is 2.22. The third-order valence-corrected chi connectivity index (χ3v) is 3.15. The molecule has 0 atom stereocenters. The summed E-state index contributed by atoms with van der Waals surface area (Å²) in [5, 5.41) is 4.13. The van der Waals surface area contributed by atoms with E-state index >= 15 is 0 Å². The average Bonchev–Trinajstić information content (AvgIpc) is 2.93. The van der Waals surface area contributed by atoms with Crippen LogP contribution in [0.2, 0.25) is 0 Å². The van der Waals surface area contributed by atoms with Crippen molar-refractivity contribution in [2.75, 3.05) is 7.11 Å². The van der Waals surface area contributed by atoms with Crippen molar-refractivity contribution in [3.8, 4) is 5.88 Å². The molecule has 0 radical (unpaired) electrons. The molecule has 0 unspecified atom stereocenters. The number of nitrogens with zero attached hydrogens (tertiary/aromatic N) is 3. The molecule has 7 heteroatoms. The predicted molar refractivity (Wildman–Crippen MR) is 65.7 cm³/mol. The molecule has 96 valence electrons. The van der Waals surface area contributed by atoms with Crippen LogP contribution in [0, 0.1) is 6.92 Å². The third-order valence-electron chi connectivity index (χ3n) is 2.40. The van der Waals surface area contributed by atoms with Gasteiger partial charge in [0, 0.05) is 13.2 Å². The molecule has 0 spiro atoms. The van der Waals surface area contributed by atoms with E-state index in [1.165, 1.54) is 23.1 Å². The Kier molecular flexibility index (Phi) is 3.61. The summed E-state index contributed by atoms with van der Waals surface area (Å²) in [6.45, 7) is 1.95. The molecule has 0 aromatic carbocycles. The van der Waals surface area contributed by atoms with Crippen LogP contribution in [0.4, 0.5) is 0 Å². The Hall–Kier alpha value is -1.89. The first-order valence-electron chi connectivity index (χ1n) is 5.25. The van der Waals surface area contributed by atoms with Crippen LogP contribution in [0.3, 0.4) is 0 Å². The summed E-state index contributed by atoms with van der Waals surface area (Å²) in [4.78, 5) is 16.8. The summed E-state index contributed by atoms with van der Waals surface area (Å²) in [5.41, 5.74) is 2.65. The van der Waals surface area contributed by atoms with Gasteiger partial charge in [-0.15, -0.1) is 11.3 Å². The van der Waals surface area contributed by atoms with Crippen molar-refractivity contribution in [2.24, 2.45) is 7.05 Å². The van der Waals surface area contributed by atoms with Gasteiger partial charge >= 0.3 is 5.97 Å². The van der Waals surface area contributed by atoms with Gasteiger partial charge in [0.25, 0.3) is 0 Å². The van der Waals surface area contributed by atoms with E-state index in [0.29, 0.717) is 17.1 Å². The van der Waals surface area contributed by atoms with Gasteiger partial charge in [-0.05, 0) is 6.92 Å². The SMILES string of the molecule is COc1c(C(=O)OCc2cncs2)c(C)nn1C. The number of carbonyl (C=O) groups excluding carboxylic acids is 1. The van der Waals surface area contributed by atoms with Crippen molar-refractivity contribution in [2.45, 2.75) is 13.5 Å². The number of carbonyl (C=O) groups is 1. The molecule has 0 aliphatic rings. The fourth-order valence-electron chi connectivity index (χ4n) is 1.63. The first-order chi connectivity index (χ1) is 8.63. The molecule has 18 heavy (non-hydrogen) atoms. The summed E-state index contributed by atoms with van der Waals surface area (Å²) in [6, 6.07) is 0. The maximum atomic E-state index is 12.0. The molecule has 2 rings (SSSR count). The minimum absolute atomic E-state index is 0.209. The van der Waals surface area contributed by atoms with Gasteiger partial charge in [-0.2, -0.15) is 5.10 Å². The molecular formula is C11H13N3O3S. The van der Waals surface area contributed by atoms with Gasteiger partial charge in [-0.3, -0.25) is 4.98 Å². The fraction of sp³-hybridized carbons (Fsp3) is 0.364. The first-order valence-corrected chi connectivity index (χ1v) is 6.13. The maximum absolute atomic E-state index is 12.0. The van der Waals surface area contributed by atoms with Gasteiger partial charge in [0.05, 0.1) is 23.2 Å². The zero-order valence-electron chi connectivity index (χ0n) is 10.3. The van der Waals surface area contributed by atoms with E-state index in [2.05, 4.69) is 10.1 Å². The van der Waals surface area contributed by atoms with E-state index in [1.807, 2.05) is 0 Å². The second-order valence-electron chi connectivity index (χ2n) is 3.64. The number of aryl methyl sites for hydroxylation is 2. The van der Waals surface area contributed by atoms with Gasteiger partial charge in [-0.1, -0.05) is 0 Å². The lowest BCUT2D eigenvalue weighted by Crippen LogP contribution is -2.07. The molecule has 0 N–H and O–H groups in total. The van der Waals surface area contributed by atoms with Crippen LogP contribution in [0.25, 0.3) is 0 Å². The molecular weight excluding hydrogens is 254 g/mol. The number of hydrogen-bond acceptors (Lipinski definition) is 6. The van der Waals surface area contributed by atoms with Crippen LogP contribution in [-0.4, -0.2) is 27.8 Å². The molecule has 0 bridgehead atoms. The monoisotopic (exact) mass is 267 g/mol. The molecule has 2 aromatic rings. The largest absolute Gasteiger partial charge is 0.481 e. The van der Waals surface area contributed by atoms with Gasteiger partial charge in [0.2, 0.25) is 5.88 Å². The van der Waals surface area contributed by atoms with Crippen LogP contribution in [0.1, 0.15) is 20.9 Å². The quantitative estimate of drug-likeness (QED) is 0.786. The van der Waals surface area contributed by atoms with Gasteiger partial charge in [0.15, 0.2) is 0 Å². The van der Waals surface area contributed by atoms with Gasteiger partial charge < -0.3 is 9.47 Å². The lowest BCUT2D eigenvalue weighted by Gasteiger charge is -2.05. The third kappa shape index (κ3) is 2.35. The Labute approximate surface area is 108 Å². The summed E-state index contributed by atoms with van der Waals surface area (Å²) in [7, 11) is 3.21. The maximum Gasteiger partial charge on any atom is 0.345 e. The lowest BCUT2D eigenvalue weighted by molar-refractivity contribution is 0.0471. The van der Waals surface area contributed by atoms with Crippen molar-refractivity contribution < 1.29 is 14.3 Å². The number of ether oxygens (including phenoxy) is 2. The minimum atomic E-state index is -0.439. The summed E-state index contributed by atoms with van der Waals surface area (Å²) in [6.07, 6.45) is 1.67. The second-order valence-corrected chi connectivity index (χ2v) is 4.61. The Morgan fingerprint density at radius 2 is 2.33 bits per heavy atom. The van der Waals surface area contributed by atoms with Crippen LogP contribution >= 0.6 is 11.3 Å². The van der Waals surface area contributed by atoms with E-state index in [-0.39, 0.29) is 6.61 Å². The van der Waals surface area contributed by atoms with Crippen LogP contribution in [0.15, 0.2) is 11.7 Å². The summed E-state index contributed by atoms with van der Waals surface area (Å²) < 4.78 is 11.9. The van der Waals surface area contributed by atoms with Crippen molar-refractivity contribution >= 4 is 17.3 Å². The fourth-order valence-corrected chi connectivity index (χ4v) is 2.13. The Morgan fingerprint density at radius 3 is 2.94 bits per heavy atom. The average molecular weight is 267 g/mol. The van der Waals surface area contributed by atoms with Crippen molar-refractivity contribution in [3.63, 3.8) is 0 Å². The summed E-state index contributed by atoms with van der Waals surface area (Å²) in [5.74, 6) is -0.0346. The van der Waals surface area contributed by atoms with E-state index in [4.69, 9.17) is 9.47 Å². The number of aromatic nitrogens is 3. The van der Waals surface area contributed by atoms with E-state index in [9.17, 15) is 4.79 Å². The molecule has 2 aromatic heterocycles. The first kappa shape index (κ1) is 12.6. The molecule has 0 saturated carbocycles. The molecule has 0 aliphatic heterocycles. The van der Waals surface area contributed by atoms with Crippen molar-refractivity contribution in [1.82, 2.24) is 14.8 Å². The van der Waals surface area contributed by atoms with Crippen molar-refractivity contribution in [1.29, 1.82) is 0 Å². The zero-order valence-corrected chi connectivity index (χ0v) is 11.2. The standard InChI is InChI=1S/C11H13N3O3S/c1-7-9(10(16-3)14(2)13-7)11(15)17-5-8-4-12-6-18-8/h4,6H,5H2,1-3H3. The van der Waals surface area contributed by atoms with E-state index in [1.54, 1.807) is 25.7 Å². The van der Waals surface area contributed by atoms with Gasteiger partial charge in [0.1, 0.15) is 12.2 Å². The number of rotatable bonds is 4. The van der Waals surface area contributed by atoms with Crippen molar-refractivity contribution in [3.05, 3.63) is 27.8 Å². The van der Waals surface area contributed by atoms with Crippen LogP contribution < -0.4 is 4.74 Å². The van der Waals surface area contributed by atoms with Crippen LogP contribution in [-0.2, 0) is 18.4 Å². The smallest absolute Gasteiger partial charge is 0.345 e. The van der Waals surface area contributed by atoms with E-state index < -0.39 is 5.97 Å². The topological polar surface area (TPSA) is 66.2 Å². The molecule has 2 heterocycles. The molecule has 0 aliphatic carbocycles. The van der Waals surface area contributed by atoms with Crippen LogP contribution in [0.5, 0.6) is 5.88 Å². The van der Waals surface area contributed by atoms with Gasteiger partial charge in [-0.25, -0.2) is 9.48 Å². The normalized spacial score (nSPS) is 10.4. The molecule has 0 saturated heterocycles. The Morgan fingerprint density at radius 1 is 1.56 bits per heavy atom. The highest BCUT2D eigenvalue weighted by Gasteiger charge is 2.22. The zero-order chi connectivity index (χ0) is 13.1. The lowest BCUT2D eigenvalue weighted by atomic mass is 10.2. The minimum Gasteiger partial charge on any atom is -0.481 e. The Balaban J connectivity index is 2.13. The number of esters is 1. The highest BCUT2D eigenvalue weighted by atomic mass is 32.1. The highest BCUT2D eigenvalue weighted by molar-refractivity contribution is 7.09. The molecule has 0 fully saturated rings. The molecule has 0 amide bonds. The molecule has 6 nitrogen and oxygen atoms in total. The number of hydrogen-bond donors (Lipinski definition) is 0. The second kappa shape index (κ2) is 5.18. The number of thiazole rings is 1.